The average molecular weight is 337 g/mol. The van der Waals surface area contributed by atoms with Gasteiger partial charge in [0.15, 0.2) is 0 Å². The molecule has 0 saturated carbocycles. The summed E-state index contributed by atoms with van der Waals surface area (Å²) in [5.74, 6) is 0. The largest absolute Gasteiger partial charge is 0.384 e. The summed E-state index contributed by atoms with van der Waals surface area (Å²) in [4.78, 5) is 4.86. The van der Waals surface area contributed by atoms with E-state index in [0.29, 0.717) is 0 Å². The number of fused-ring (bicyclic) bond motifs is 1. The van der Waals surface area contributed by atoms with Gasteiger partial charge >= 0.3 is 0 Å². The molecule has 25 heavy (non-hydrogen) atoms. The van der Waals surface area contributed by atoms with Gasteiger partial charge in [0.05, 0.1) is 13.2 Å². The molecule has 0 aromatic heterocycles. The standard InChI is InChI=1S/C21H27N3O/c1-23(16-19-7-4-6-17-9-10-22-21(17)19)15-18-5-2-3-8-20(18)24-11-13-25-14-12-24/h2-8,22H,9-16H2,1H3. The molecule has 2 aromatic rings. The molecule has 0 aliphatic carbocycles. The molecule has 0 radical (unpaired) electrons. The topological polar surface area (TPSA) is 27.7 Å². The van der Waals surface area contributed by atoms with E-state index in [-0.39, 0.29) is 0 Å². The normalized spacial score (nSPS) is 16.8. The van der Waals surface area contributed by atoms with E-state index in [0.717, 1.165) is 52.4 Å². The van der Waals surface area contributed by atoms with E-state index in [4.69, 9.17) is 4.74 Å². The molecule has 2 aromatic carbocycles. The lowest BCUT2D eigenvalue weighted by molar-refractivity contribution is 0.122. The van der Waals surface area contributed by atoms with Gasteiger partial charge < -0.3 is 15.0 Å². The van der Waals surface area contributed by atoms with E-state index < -0.39 is 0 Å². The van der Waals surface area contributed by atoms with Crippen molar-refractivity contribution in [1.29, 1.82) is 0 Å². The molecule has 2 aliphatic heterocycles. The van der Waals surface area contributed by atoms with E-state index in [9.17, 15) is 0 Å². The molecule has 1 N–H and O–H groups in total. The Hall–Kier alpha value is -2.04. The van der Waals surface area contributed by atoms with Gasteiger partial charge in [0.1, 0.15) is 0 Å². The third-order valence-corrected chi connectivity index (χ3v) is 5.16. The first kappa shape index (κ1) is 16.4. The predicted molar refractivity (Wildman–Crippen MR) is 103 cm³/mol. The highest BCUT2D eigenvalue weighted by Gasteiger charge is 2.17. The first-order chi connectivity index (χ1) is 12.3. The highest BCUT2D eigenvalue weighted by Crippen LogP contribution is 2.28. The molecule has 4 rings (SSSR count). The van der Waals surface area contributed by atoms with Gasteiger partial charge in [-0.1, -0.05) is 36.4 Å². The summed E-state index contributed by atoms with van der Waals surface area (Å²) >= 11 is 0. The Labute approximate surface area is 150 Å². The van der Waals surface area contributed by atoms with Crippen LogP contribution in [0, 0.1) is 0 Å². The molecule has 0 amide bonds. The molecule has 1 saturated heterocycles. The fraction of sp³-hybridized carbons (Fsp3) is 0.429. The van der Waals surface area contributed by atoms with Crippen molar-refractivity contribution in [3.63, 3.8) is 0 Å². The number of benzene rings is 2. The molecule has 0 atom stereocenters. The lowest BCUT2D eigenvalue weighted by Crippen LogP contribution is -2.37. The minimum absolute atomic E-state index is 0.825. The van der Waals surface area contributed by atoms with Gasteiger partial charge in [0.25, 0.3) is 0 Å². The van der Waals surface area contributed by atoms with E-state index in [1.54, 1.807) is 0 Å². The highest BCUT2D eigenvalue weighted by molar-refractivity contribution is 5.61. The van der Waals surface area contributed by atoms with Crippen LogP contribution in [-0.4, -0.2) is 44.8 Å². The molecule has 0 bridgehead atoms. The molecule has 4 heteroatoms. The summed E-state index contributed by atoms with van der Waals surface area (Å²) in [6.07, 6.45) is 1.15. The Morgan fingerprint density at radius 2 is 1.76 bits per heavy atom. The summed E-state index contributed by atoms with van der Waals surface area (Å²) in [6.45, 7) is 6.60. The van der Waals surface area contributed by atoms with Crippen molar-refractivity contribution in [3.8, 4) is 0 Å². The zero-order valence-corrected chi connectivity index (χ0v) is 15.0. The molecule has 2 heterocycles. The molecule has 4 nitrogen and oxygen atoms in total. The summed E-state index contributed by atoms with van der Waals surface area (Å²) in [5, 5.41) is 3.55. The fourth-order valence-corrected chi connectivity index (χ4v) is 3.94. The van der Waals surface area contributed by atoms with Crippen molar-refractivity contribution in [2.24, 2.45) is 0 Å². The van der Waals surface area contributed by atoms with Crippen LogP contribution in [0.2, 0.25) is 0 Å². The van der Waals surface area contributed by atoms with Gasteiger partial charge in [-0.25, -0.2) is 0 Å². The monoisotopic (exact) mass is 337 g/mol. The molecular formula is C21H27N3O. The Kier molecular flexibility index (Phi) is 4.90. The van der Waals surface area contributed by atoms with Gasteiger partial charge in [-0.15, -0.1) is 0 Å². The van der Waals surface area contributed by atoms with Crippen LogP contribution in [0.25, 0.3) is 0 Å². The molecule has 0 spiro atoms. The lowest BCUT2D eigenvalue weighted by Gasteiger charge is -2.31. The maximum Gasteiger partial charge on any atom is 0.0642 e. The SMILES string of the molecule is CN(Cc1ccccc1N1CCOCC1)Cc1cccc2c1NCC2. The van der Waals surface area contributed by atoms with E-state index in [2.05, 4.69) is 64.6 Å². The summed E-state index contributed by atoms with van der Waals surface area (Å²) in [6, 6.07) is 15.5. The molecular weight excluding hydrogens is 310 g/mol. The number of para-hydroxylation sites is 2. The summed E-state index contributed by atoms with van der Waals surface area (Å²) in [7, 11) is 2.21. The maximum atomic E-state index is 5.50. The lowest BCUT2D eigenvalue weighted by atomic mass is 10.1. The quantitative estimate of drug-likeness (QED) is 0.907. The first-order valence-corrected chi connectivity index (χ1v) is 9.25. The number of anilines is 2. The molecule has 0 unspecified atom stereocenters. The van der Waals surface area contributed by atoms with Crippen LogP contribution >= 0.6 is 0 Å². The van der Waals surface area contributed by atoms with Crippen molar-refractivity contribution in [2.45, 2.75) is 19.5 Å². The number of morpholine rings is 1. The minimum Gasteiger partial charge on any atom is -0.384 e. The van der Waals surface area contributed by atoms with Crippen LogP contribution in [0.15, 0.2) is 42.5 Å². The van der Waals surface area contributed by atoms with E-state index >= 15 is 0 Å². The molecule has 2 aliphatic rings. The van der Waals surface area contributed by atoms with Crippen LogP contribution in [-0.2, 0) is 24.2 Å². The minimum atomic E-state index is 0.825. The Balaban J connectivity index is 1.48. The molecule has 132 valence electrons. The van der Waals surface area contributed by atoms with Crippen LogP contribution in [0.3, 0.4) is 0 Å². The van der Waals surface area contributed by atoms with Crippen LogP contribution in [0.5, 0.6) is 0 Å². The second-order valence-corrected chi connectivity index (χ2v) is 7.03. The predicted octanol–water partition coefficient (Wildman–Crippen LogP) is 3.12. The van der Waals surface area contributed by atoms with E-state index in [1.807, 2.05) is 0 Å². The van der Waals surface area contributed by atoms with E-state index in [1.165, 1.54) is 28.1 Å². The van der Waals surface area contributed by atoms with Crippen molar-refractivity contribution in [2.75, 3.05) is 50.1 Å². The number of hydrogen-bond donors (Lipinski definition) is 1. The fourth-order valence-electron chi connectivity index (χ4n) is 3.94. The average Bonchev–Trinajstić information content (AvgIpc) is 3.13. The summed E-state index contributed by atoms with van der Waals surface area (Å²) < 4.78 is 5.50. The third-order valence-electron chi connectivity index (χ3n) is 5.16. The van der Waals surface area contributed by atoms with Gasteiger partial charge in [-0.05, 0) is 36.2 Å². The number of ether oxygens (including phenoxy) is 1. The third kappa shape index (κ3) is 3.65. The van der Waals surface area contributed by atoms with Crippen LogP contribution in [0.4, 0.5) is 11.4 Å². The number of nitrogens with zero attached hydrogens (tertiary/aromatic N) is 2. The zero-order chi connectivity index (χ0) is 17.1. The Morgan fingerprint density at radius 1 is 1.00 bits per heavy atom. The van der Waals surface area contributed by atoms with Crippen LogP contribution in [0.1, 0.15) is 16.7 Å². The van der Waals surface area contributed by atoms with Crippen molar-refractivity contribution >= 4 is 11.4 Å². The number of nitrogens with one attached hydrogen (secondary N) is 1. The Morgan fingerprint density at radius 3 is 2.64 bits per heavy atom. The maximum absolute atomic E-state index is 5.50. The summed E-state index contributed by atoms with van der Waals surface area (Å²) in [5.41, 5.74) is 6.97. The smallest absolute Gasteiger partial charge is 0.0642 e. The van der Waals surface area contributed by atoms with Gasteiger partial charge in [0, 0.05) is 44.1 Å². The van der Waals surface area contributed by atoms with Gasteiger partial charge in [-0.3, -0.25) is 4.90 Å². The first-order valence-electron chi connectivity index (χ1n) is 9.25. The Bertz CT molecular complexity index is 725. The van der Waals surface area contributed by atoms with Crippen molar-refractivity contribution in [3.05, 3.63) is 59.2 Å². The van der Waals surface area contributed by atoms with Gasteiger partial charge in [-0.2, -0.15) is 0 Å². The van der Waals surface area contributed by atoms with Crippen LogP contribution < -0.4 is 10.2 Å². The van der Waals surface area contributed by atoms with Crippen molar-refractivity contribution in [1.82, 2.24) is 4.90 Å². The zero-order valence-electron chi connectivity index (χ0n) is 15.0. The molecule has 1 fully saturated rings. The highest BCUT2D eigenvalue weighted by atomic mass is 16.5. The second kappa shape index (κ2) is 7.46. The second-order valence-electron chi connectivity index (χ2n) is 7.03. The number of rotatable bonds is 5. The number of hydrogen-bond acceptors (Lipinski definition) is 4. The van der Waals surface area contributed by atoms with Gasteiger partial charge in [0.2, 0.25) is 0 Å². The van der Waals surface area contributed by atoms with Crippen molar-refractivity contribution < 1.29 is 4.74 Å².